The van der Waals surface area contributed by atoms with Gasteiger partial charge in [0.25, 0.3) is 0 Å². The molecule has 0 fully saturated rings. The molecular formula is C22H14O3. The Morgan fingerprint density at radius 3 is 2.52 bits per heavy atom. The van der Waals surface area contributed by atoms with Gasteiger partial charge < -0.3 is 8.83 Å². The molecule has 0 bridgehead atoms. The van der Waals surface area contributed by atoms with E-state index in [0.717, 1.165) is 38.3 Å². The average Bonchev–Trinajstić information content (AvgIpc) is 3.05. The molecule has 0 N–H and O–H groups in total. The summed E-state index contributed by atoms with van der Waals surface area (Å²) in [6.45, 7) is 1.97. The second kappa shape index (κ2) is 5.08. The van der Waals surface area contributed by atoms with E-state index in [4.69, 9.17) is 8.83 Å². The van der Waals surface area contributed by atoms with Crippen molar-refractivity contribution < 1.29 is 8.83 Å². The summed E-state index contributed by atoms with van der Waals surface area (Å²) < 4.78 is 11.4. The number of furan rings is 1. The van der Waals surface area contributed by atoms with Gasteiger partial charge in [-0.3, -0.25) is 0 Å². The number of rotatable bonds is 1. The van der Waals surface area contributed by atoms with Crippen LogP contribution in [0.4, 0.5) is 0 Å². The van der Waals surface area contributed by atoms with Crippen LogP contribution >= 0.6 is 0 Å². The molecule has 3 aromatic carbocycles. The molecule has 0 aliphatic rings. The first-order valence-corrected chi connectivity index (χ1v) is 8.15. The van der Waals surface area contributed by atoms with Crippen LogP contribution in [0.1, 0.15) is 5.56 Å². The first-order valence-electron chi connectivity index (χ1n) is 8.15. The average molecular weight is 326 g/mol. The van der Waals surface area contributed by atoms with Crippen LogP contribution in [0.25, 0.3) is 44.0 Å². The van der Waals surface area contributed by atoms with Gasteiger partial charge >= 0.3 is 5.63 Å². The molecule has 0 radical (unpaired) electrons. The Morgan fingerprint density at radius 2 is 1.60 bits per heavy atom. The Bertz CT molecular complexity index is 1320. The van der Waals surface area contributed by atoms with Crippen LogP contribution in [0.15, 0.2) is 80.4 Å². The fourth-order valence-corrected chi connectivity index (χ4v) is 3.40. The predicted molar refractivity (Wildman–Crippen MR) is 99.9 cm³/mol. The first-order chi connectivity index (χ1) is 12.2. The quantitative estimate of drug-likeness (QED) is 0.373. The molecule has 2 aromatic heterocycles. The van der Waals surface area contributed by atoms with Crippen LogP contribution < -0.4 is 5.63 Å². The molecule has 0 saturated carbocycles. The highest BCUT2D eigenvalue weighted by Crippen LogP contribution is 2.35. The summed E-state index contributed by atoms with van der Waals surface area (Å²) in [6.07, 6.45) is 0. The summed E-state index contributed by atoms with van der Waals surface area (Å²) in [4.78, 5) is 12.0. The maximum Gasteiger partial charge on any atom is 0.336 e. The molecule has 0 saturated heterocycles. The minimum Gasteiger partial charge on any atom is -0.456 e. The van der Waals surface area contributed by atoms with E-state index < -0.39 is 0 Å². The number of benzene rings is 3. The summed E-state index contributed by atoms with van der Waals surface area (Å²) in [5.74, 6) is 0.674. The molecule has 25 heavy (non-hydrogen) atoms. The summed E-state index contributed by atoms with van der Waals surface area (Å²) in [5.41, 5.74) is 2.81. The molecule has 5 aromatic rings. The zero-order chi connectivity index (χ0) is 17.0. The standard InChI is InChI=1S/C22H14O3/c1-13-6-8-16-18(12-22(23)25-20(16)10-13)21-11-17-15-5-3-2-4-14(15)7-9-19(17)24-21/h2-12H,1H3. The van der Waals surface area contributed by atoms with E-state index in [9.17, 15) is 4.79 Å². The summed E-state index contributed by atoms with van der Waals surface area (Å²) in [5, 5.41) is 4.21. The highest BCUT2D eigenvalue weighted by molar-refractivity contribution is 6.07. The monoisotopic (exact) mass is 326 g/mol. The van der Waals surface area contributed by atoms with Gasteiger partial charge in [-0.25, -0.2) is 4.79 Å². The minimum atomic E-state index is -0.376. The maximum atomic E-state index is 12.0. The Kier molecular flexibility index (Phi) is 2.86. The van der Waals surface area contributed by atoms with Crippen molar-refractivity contribution in [3.8, 4) is 11.3 Å². The van der Waals surface area contributed by atoms with Gasteiger partial charge in [-0.05, 0) is 41.5 Å². The van der Waals surface area contributed by atoms with E-state index in [0.29, 0.717) is 11.3 Å². The topological polar surface area (TPSA) is 43.4 Å². The van der Waals surface area contributed by atoms with Crippen LogP contribution in [0.5, 0.6) is 0 Å². The molecule has 3 heteroatoms. The largest absolute Gasteiger partial charge is 0.456 e. The third-order valence-corrected chi connectivity index (χ3v) is 4.59. The van der Waals surface area contributed by atoms with Crippen molar-refractivity contribution >= 4 is 32.7 Å². The van der Waals surface area contributed by atoms with Gasteiger partial charge in [0, 0.05) is 22.4 Å². The zero-order valence-electron chi connectivity index (χ0n) is 13.6. The number of aryl methyl sites for hydroxylation is 1. The van der Waals surface area contributed by atoms with Gasteiger partial charge in [-0.1, -0.05) is 42.5 Å². The molecule has 0 amide bonds. The van der Waals surface area contributed by atoms with Crippen molar-refractivity contribution in [2.45, 2.75) is 6.92 Å². The van der Waals surface area contributed by atoms with Crippen LogP contribution in [-0.4, -0.2) is 0 Å². The van der Waals surface area contributed by atoms with Gasteiger partial charge in [-0.2, -0.15) is 0 Å². The summed E-state index contributed by atoms with van der Waals surface area (Å²) in [7, 11) is 0. The predicted octanol–water partition coefficient (Wildman–Crippen LogP) is 5.67. The second-order valence-corrected chi connectivity index (χ2v) is 6.29. The van der Waals surface area contributed by atoms with Crippen molar-refractivity contribution in [2.75, 3.05) is 0 Å². The SMILES string of the molecule is Cc1ccc2c(-c3cc4c(ccc5ccccc54)o3)cc(=O)oc2c1. The molecule has 120 valence electrons. The normalized spacial score (nSPS) is 11.6. The van der Waals surface area contributed by atoms with Crippen LogP contribution in [0.2, 0.25) is 0 Å². The van der Waals surface area contributed by atoms with Gasteiger partial charge in [0.1, 0.15) is 16.9 Å². The van der Waals surface area contributed by atoms with Crippen LogP contribution in [-0.2, 0) is 0 Å². The Labute approximate surface area is 143 Å². The third kappa shape index (κ3) is 2.17. The van der Waals surface area contributed by atoms with Crippen molar-refractivity contribution in [3.63, 3.8) is 0 Å². The lowest BCUT2D eigenvalue weighted by molar-refractivity contribution is 0.559. The summed E-state index contributed by atoms with van der Waals surface area (Å²) in [6, 6.07) is 21.6. The Hall–Kier alpha value is -3.33. The molecular weight excluding hydrogens is 312 g/mol. The zero-order valence-corrected chi connectivity index (χ0v) is 13.6. The van der Waals surface area contributed by atoms with E-state index in [2.05, 4.69) is 12.1 Å². The molecule has 0 unspecified atom stereocenters. The molecule has 5 rings (SSSR count). The van der Waals surface area contributed by atoms with Crippen LogP contribution in [0, 0.1) is 6.92 Å². The summed E-state index contributed by atoms with van der Waals surface area (Å²) >= 11 is 0. The second-order valence-electron chi connectivity index (χ2n) is 6.29. The van der Waals surface area contributed by atoms with Crippen molar-refractivity contribution in [2.24, 2.45) is 0 Å². The number of fused-ring (bicyclic) bond motifs is 4. The molecule has 0 aliphatic carbocycles. The highest BCUT2D eigenvalue weighted by atomic mass is 16.4. The fraction of sp³-hybridized carbons (Fsp3) is 0.0455. The van der Waals surface area contributed by atoms with Crippen LogP contribution in [0.3, 0.4) is 0 Å². The number of hydrogen-bond donors (Lipinski definition) is 0. The highest BCUT2D eigenvalue weighted by Gasteiger charge is 2.14. The third-order valence-electron chi connectivity index (χ3n) is 4.59. The van der Waals surface area contributed by atoms with E-state index in [1.807, 2.05) is 55.5 Å². The minimum absolute atomic E-state index is 0.376. The molecule has 2 heterocycles. The Balaban J connectivity index is 1.86. The van der Waals surface area contributed by atoms with Gasteiger partial charge in [0.15, 0.2) is 0 Å². The van der Waals surface area contributed by atoms with Gasteiger partial charge in [0.2, 0.25) is 0 Å². The molecule has 3 nitrogen and oxygen atoms in total. The lowest BCUT2D eigenvalue weighted by Crippen LogP contribution is -1.97. The molecule has 0 aliphatic heterocycles. The van der Waals surface area contributed by atoms with E-state index in [1.165, 1.54) is 6.07 Å². The fourth-order valence-electron chi connectivity index (χ4n) is 3.40. The Morgan fingerprint density at radius 1 is 0.720 bits per heavy atom. The lowest BCUT2D eigenvalue weighted by atomic mass is 10.0. The first kappa shape index (κ1) is 14.1. The maximum absolute atomic E-state index is 12.0. The van der Waals surface area contributed by atoms with Crippen molar-refractivity contribution in [1.82, 2.24) is 0 Å². The van der Waals surface area contributed by atoms with Crippen molar-refractivity contribution in [1.29, 1.82) is 0 Å². The lowest BCUT2D eigenvalue weighted by Gasteiger charge is -2.03. The van der Waals surface area contributed by atoms with Crippen molar-refractivity contribution in [3.05, 3.63) is 82.7 Å². The number of hydrogen-bond acceptors (Lipinski definition) is 3. The van der Waals surface area contributed by atoms with E-state index in [-0.39, 0.29) is 5.63 Å². The molecule has 0 atom stereocenters. The van der Waals surface area contributed by atoms with E-state index in [1.54, 1.807) is 0 Å². The van der Waals surface area contributed by atoms with E-state index >= 15 is 0 Å². The smallest absolute Gasteiger partial charge is 0.336 e. The van der Waals surface area contributed by atoms with Gasteiger partial charge in [0.05, 0.1) is 0 Å². The molecule has 0 spiro atoms. The van der Waals surface area contributed by atoms with Gasteiger partial charge in [-0.15, -0.1) is 0 Å².